The summed E-state index contributed by atoms with van der Waals surface area (Å²) in [4.78, 5) is 1.15. The van der Waals surface area contributed by atoms with E-state index in [0.29, 0.717) is 0 Å². The maximum atomic E-state index is 6.29. The van der Waals surface area contributed by atoms with Gasteiger partial charge in [-0.15, -0.1) is 11.3 Å². The number of hydrazone groups is 1. The maximum Gasteiger partial charge on any atom is 0.222 e. The number of ether oxygens (including phenoxy) is 1. The van der Waals surface area contributed by atoms with Crippen molar-refractivity contribution >= 4 is 33.0 Å². The fourth-order valence-electron chi connectivity index (χ4n) is 3.27. The van der Waals surface area contributed by atoms with Gasteiger partial charge < -0.3 is 9.15 Å². The molecule has 0 N–H and O–H groups in total. The van der Waals surface area contributed by atoms with E-state index in [0.717, 1.165) is 38.6 Å². The van der Waals surface area contributed by atoms with Gasteiger partial charge in [0.1, 0.15) is 17.2 Å². The summed E-state index contributed by atoms with van der Waals surface area (Å²) >= 11 is 5.25. The first-order chi connectivity index (χ1) is 11.8. The van der Waals surface area contributed by atoms with E-state index < -0.39 is 0 Å². The van der Waals surface area contributed by atoms with Crippen LogP contribution in [0.15, 0.2) is 68.1 Å². The summed E-state index contributed by atoms with van der Waals surface area (Å²) in [5, 5.41) is 8.98. The molecule has 2 aromatic heterocycles. The first-order valence-corrected chi connectivity index (χ1v) is 9.36. The molecule has 5 rings (SSSR count). The van der Waals surface area contributed by atoms with Gasteiger partial charge in [0, 0.05) is 16.5 Å². The molecule has 4 heterocycles. The summed E-state index contributed by atoms with van der Waals surface area (Å²) in [6.45, 7) is 0. The fourth-order valence-corrected chi connectivity index (χ4v) is 4.39. The molecule has 2 aliphatic rings. The fraction of sp³-hybridized carbons (Fsp3) is 0.167. The van der Waals surface area contributed by atoms with E-state index in [9.17, 15) is 0 Å². The second kappa shape index (κ2) is 5.50. The van der Waals surface area contributed by atoms with Crippen LogP contribution in [-0.4, -0.2) is 10.7 Å². The molecule has 0 amide bonds. The summed E-state index contributed by atoms with van der Waals surface area (Å²) in [7, 11) is 0. The molecule has 0 saturated heterocycles. The number of rotatable bonds is 2. The van der Waals surface area contributed by atoms with Crippen LogP contribution in [0.5, 0.6) is 5.75 Å². The quantitative estimate of drug-likeness (QED) is 0.581. The molecule has 24 heavy (non-hydrogen) atoms. The zero-order valence-electron chi connectivity index (χ0n) is 12.6. The van der Waals surface area contributed by atoms with Crippen molar-refractivity contribution in [3.63, 3.8) is 0 Å². The molecule has 120 valence electrons. The molecular formula is C18H13BrN2O2S. The molecule has 1 aromatic carbocycles. The minimum atomic E-state index is -0.198. The standard InChI is InChI=1S/C18H13BrN2O2S/c19-11-5-6-15-12(9-11)14-10-13(16-3-1-7-22-16)20-21(14)18(23-15)17-4-2-8-24-17/h1-9,14,18H,10H2/t14-,18-/m1/s1. The van der Waals surface area contributed by atoms with Gasteiger partial charge in [0.15, 0.2) is 0 Å². The highest BCUT2D eigenvalue weighted by Gasteiger charge is 2.41. The van der Waals surface area contributed by atoms with Gasteiger partial charge >= 0.3 is 0 Å². The lowest BCUT2D eigenvalue weighted by Crippen LogP contribution is -2.33. The second-order valence-electron chi connectivity index (χ2n) is 5.79. The number of furan rings is 1. The Bertz CT molecular complexity index is 905. The molecule has 0 fully saturated rings. The van der Waals surface area contributed by atoms with Gasteiger partial charge in [0.05, 0.1) is 17.2 Å². The number of nitrogens with zero attached hydrogens (tertiary/aromatic N) is 2. The molecular weight excluding hydrogens is 388 g/mol. The summed E-state index contributed by atoms with van der Waals surface area (Å²) in [6.07, 6.45) is 2.30. The average molecular weight is 401 g/mol. The SMILES string of the molecule is Brc1ccc2c(c1)[C@H]1CC(c3ccco3)=NN1[C@@H](c1cccs1)O2. The summed E-state index contributed by atoms with van der Waals surface area (Å²) in [5.41, 5.74) is 2.12. The Morgan fingerprint density at radius 3 is 2.96 bits per heavy atom. The zero-order chi connectivity index (χ0) is 16.1. The van der Waals surface area contributed by atoms with Crippen LogP contribution in [-0.2, 0) is 0 Å². The van der Waals surface area contributed by atoms with Crippen LogP contribution >= 0.6 is 27.3 Å². The molecule has 3 aromatic rings. The van der Waals surface area contributed by atoms with Crippen molar-refractivity contribution in [2.75, 3.05) is 0 Å². The van der Waals surface area contributed by atoms with Crippen LogP contribution in [0, 0.1) is 0 Å². The van der Waals surface area contributed by atoms with Crippen LogP contribution < -0.4 is 4.74 Å². The molecule has 0 bridgehead atoms. The Morgan fingerprint density at radius 1 is 1.21 bits per heavy atom. The lowest BCUT2D eigenvalue weighted by atomic mass is 9.98. The third-order valence-corrected chi connectivity index (χ3v) is 5.74. The molecule has 4 nitrogen and oxygen atoms in total. The summed E-state index contributed by atoms with van der Waals surface area (Å²) in [6, 6.07) is 14.3. The van der Waals surface area contributed by atoms with E-state index in [2.05, 4.69) is 38.5 Å². The van der Waals surface area contributed by atoms with Crippen molar-refractivity contribution in [2.24, 2.45) is 5.10 Å². The van der Waals surface area contributed by atoms with E-state index in [4.69, 9.17) is 14.3 Å². The monoisotopic (exact) mass is 400 g/mol. The molecule has 0 aliphatic carbocycles. The van der Waals surface area contributed by atoms with E-state index in [1.165, 1.54) is 0 Å². The maximum absolute atomic E-state index is 6.29. The molecule has 2 atom stereocenters. The van der Waals surface area contributed by atoms with Gasteiger partial charge in [-0.2, -0.15) is 5.10 Å². The first-order valence-electron chi connectivity index (χ1n) is 7.69. The van der Waals surface area contributed by atoms with Crippen molar-refractivity contribution < 1.29 is 9.15 Å². The van der Waals surface area contributed by atoms with Gasteiger partial charge in [0.25, 0.3) is 0 Å². The Balaban J connectivity index is 1.62. The number of hydrogen-bond acceptors (Lipinski definition) is 5. The lowest BCUT2D eigenvalue weighted by molar-refractivity contribution is -0.0166. The Labute approximate surface area is 151 Å². The predicted octanol–water partition coefficient (Wildman–Crippen LogP) is 5.35. The van der Waals surface area contributed by atoms with Gasteiger partial charge in [-0.3, -0.25) is 0 Å². The summed E-state index contributed by atoms with van der Waals surface area (Å²) < 4.78 is 12.9. The number of benzene rings is 1. The predicted molar refractivity (Wildman–Crippen MR) is 96.3 cm³/mol. The number of hydrogen-bond donors (Lipinski definition) is 0. The first kappa shape index (κ1) is 14.3. The van der Waals surface area contributed by atoms with Crippen molar-refractivity contribution in [3.8, 4) is 5.75 Å². The van der Waals surface area contributed by atoms with Crippen LogP contribution in [0.4, 0.5) is 0 Å². The van der Waals surface area contributed by atoms with Crippen LogP contribution in [0.2, 0.25) is 0 Å². The minimum absolute atomic E-state index is 0.151. The highest BCUT2D eigenvalue weighted by Crippen LogP contribution is 2.48. The highest BCUT2D eigenvalue weighted by atomic mass is 79.9. The van der Waals surface area contributed by atoms with E-state index >= 15 is 0 Å². The third-order valence-electron chi connectivity index (χ3n) is 4.34. The Kier molecular flexibility index (Phi) is 3.28. The number of fused-ring (bicyclic) bond motifs is 3. The van der Waals surface area contributed by atoms with Gasteiger partial charge in [0.2, 0.25) is 6.23 Å². The van der Waals surface area contributed by atoms with Crippen molar-refractivity contribution in [1.29, 1.82) is 0 Å². The highest BCUT2D eigenvalue weighted by molar-refractivity contribution is 9.10. The molecule has 6 heteroatoms. The van der Waals surface area contributed by atoms with Gasteiger partial charge in [-0.25, -0.2) is 5.01 Å². The number of halogens is 1. The molecule has 0 unspecified atom stereocenters. The van der Waals surface area contributed by atoms with Crippen LogP contribution in [0.3, 0.4) is 0 Å². The zero-order valence-corrected chi connectivity index (χ0v) is 15.0. The normalized spacial score (nSPS) is 21.9. The van der Waals surface area contributed by atoms with Gasteiger partial charge in [-0.05, 0) is 41.8 Å². The molecule has 0 saturated carbocycles. The van der Waals surface area contributed by atoms with E-state index in [-0.39, 0.29) is 12.3 Å². The van der Waals surface area contributed by atoms with Crippen LogP contribution in [0.25, 0.3) is 0 Å². The molecule has 0 radical (unpaired) electrons. The largest absolute Gasteiger partial charge is 0.464 e. The molecule has 0 spiro atoms. The topological polar surface area (TPSA) is 38.0 Å². The minimum Gasteiger partial charge on any atom is -0.464 e. The summed E-state index contributed by atoms with van der Waals surface area (Å²) in [5.74, 6) is 1.75. The van der Waals surface area contributed by atoms with E-state index in [1.54, 1.807) is 17.6 Å². The van der Waals surface area contributed by atoms with E-state index in [1.807, 2.05) is 30.3 Å². The number of thiophene rings is 1. The smallest absolute Gasteiger partial charge is 0.222 e. The average Bonchev–Trinajstić information content (AvgIpc) is 3.33. The van der Waals surface area contributed by atoms with Crippen molar-refractivity contribution in [3.05, 3.63) is 74.8 Å². The third kappa shape index (κ3) is 2.21. The Hall–Kier alpha value is -2.05. The lowest BCUT2D eigenvalue weighted by Gasteiger charge is -2.37. The van der Waals surface area contributed by atoms with Crippen molar-refractivity contribution in [1.82, 2.24) is 5.01 Å². The second-order valence-corrected chi connectivity index (χ2v) is 7.69. The van der Waals surface area contributed by atoms with Crippen molar-refractivity contribution in [2.45, 2.75) is 18.7 Å². The van der Waals surface area contributed by atoms with Gasteiger partial charge in [-0.1, -0.05) is 22.0 Å². The Morgan fingerprint density at radius 2 is 2.17 bits per heavy atom. The van der Waals surface area contributed by atoms with Crippen LogP contribution in [0.1, 0.15) is 34.9 Å². The molecule has 2 aliphatic heterocycles.